The molecule has 0 unspecified atom stereocenters. The van der Waals surface area contributed by atoms with Gasteiger partial charge in [0.15, 0.2) is 0 Å². The van der Waals surface area contributed by atoms with E-state index in [0.29, 0.717) is 6.61 Å². The van der Waals surface area contributed by atoms with Crippen molar-refractivity contribution in [1.82, 2.24) is 4.90 Å². The van der Waals surface area contributed by atoms with Crippen molar-refractivity contribution >= 4 is 11.6 Å². The second-order valence-corrected chi connectivity index (χ2v) is 6.87. The number of carbonyl (C=O) groups is 1. The number of benzene rings is 1. The summed E-state index contributed by atoms with van der Waals surface area (Å²) in [5.41, 5.74) is 2.50. The smallest absolute Gasteiger partial charge is 0.248 e. The molecule has 0 bridgehead atoms. The lowest BCUT2D eigenvalue weighted by atomic mass is 10.1. The van der Waals surface area contributed by atoms with Crippen molar-refractivity contribution in [3.8, 4) is 0 Å². The van der Waals surface area contributed by atoms with E-state index in [1.165, 1.54) is 11.3 Å². The molecule has 0 aliphatic carbocycles. The van der Waals surface area contributed by atoms with Crippen LogP contribution in [0.5, 0.6) is 0 Å². The van der Waals surface area contributed by atoms with Crippen LogP contribution >= 0.6 is 0 Å². The molecule has 2 heterocycles. The van der Waals surface area contributed by atoms with Crippen LogP contribution in [0.1, 0.15) is 25.3 Å². The molecule has 0 saturated carbocycles. The van der Waals surface area contributed by atoms with E-state index in [2.05, 4.69) is 43.0 Å². The van der Waals surface area contributed by atoms with Gasteiger partial charge in [-0.15, -0.1) is 0 Å². The summed E-state index contributed by atoms with van der Waals surface area (Å²) in [4.78, 5) is 16.7. The van der Waals surface area contributed by atoms with Crippen molar-refractivity contribution < 1.29 is 14.3 Å². The van der Waals surface area contributed by atoms with Crippen molar-refractivity contribution in [3.05, 3.63) is 29.8 Å². The lowest BCUT2D eigenvalue weighted by molar-refractivity contribution is -0.139. The second kappa shape index (κ2) is 7.99. The number of ether oxygens (including phenoxy) is 2. The molecule has 0 aromatic heterocycles. The van der Waals surface area contributed by atoms with Crippen molar-refractivity contribution in [3.63, 3.8) is 0 Å². The van der Waals surface area contributed by atoms with Gasteiger partial charge in [0, 0.05) is 38.0 Å². The molecule has 5 heteroatoms. The lowest BCUT2D eigenvalue weighted by Gasteiger charge is -2.41. The number of carbonyl (C=O) groups excluding carboxylic acids is 1. The maximum Gasteiger partial charge on any atom is 0.248 e. The summed E-state index contributed by atoms with van der Waals surface area (Å²) < 4.78 is 11.1. The normalized spacial score (nSPS) is 24.4. The summed E-state index contributed by atoms with van der Waals surface area (Å²) in [6.45, 7) is 8.19. The third kappa shape index (κ3) is 4.28. The van der Waals surface area contributed by atoms with Gasteiger partial charge >= 0.3 is 0 Å². The molecule has 2 fully saturated rings. The molecule has 0 radical (unpaired) electrons. The number of nitrogens with zero attached hydrogens (tertiary/aromatic N) is 2. The van der Waals surface area contributed by atoms with Crippen LogP contribution < -0.4 is 4.90 Å². The van der Waals surface area contributed by atoms with Gasteiger partial charge in [-0.25, -0.2) is 0 Å². The highest BCUT2D eigenvalue weighted by atomic mass is 16.5. The summed E-state index contributed by atoms with van der Waals surface area (Å²) in [6.07, 6.45) is 2.31. The van der Waals surface area contributed by atoms with E-state index in [9.17, 15) is 4.79 Å². The van der Waals surface area contributed by atoms with E-state index in [1.807, 2.05) is 4.90 Å². The Bertz CT molecular complexity index is 540. The standard InChI is InChI=1S/C19H28N2O3/c1-15-5-7-17(8-6-15)20-9-10-21(16(2)12-20)19(22)14-23-13-18-4-3-11-24-18/h5-8,16,18H,3-4,9-14H2,1-2H3/t16-,18-/m1/s1. The maximum absolute atomic E-state index is 12.4. The first-order valence-electron chi connectivity index (χ1n) is 8.94. The quantitative estimate of drug-likeness (QED) is 0.829. The monoisotopic (exact) mass is 332 g/mol. The van der Waals surface area contributed by atoms with Crippen molar-refractivity contribution in [2.24, 2.45) is 0 Å². The van der Waals surface area contributed by atoms with E-state index >= 15 is 0 Å². The molecule has 3 rings (SSSR count). The Morgan fingerprint density at radius 1 is 1.29 bits per heavy atom. The van der Waals surface area contributed by atoms with E-state index in [4.69, 9.17) is 9.47 Å². The zero-order valence-corrected chi connectivity index (χ0v) is 14.7. The van der Waals surface area contributed by atoms with Crippen LogP contribution in [0.25, 0.3) is 0 Å². The second-order valence-electron chi connectivity index (χ2n) is 6.87. The Labute approximate surface area is 144 Å². The Morgan fingerprint density at radius 2 is 2.08 bits per heavy atom. The number of anilines is 1. The molecule has 1 aromatic carbocycles. The number of amides is 1. The highest BCUT2D eigenvalue weighted by Gasteiger charge is 2.27. The molecule has 0 N–H and O–H groups in total. The minimum Gasteiger partial charge on any atom is -0.376 e. The number of rotatable bonds is 5. The predicted molar refractivity (Wildman–Crippen MR) is 94.4 cm³/mol. The fraction of sp³-hybridized carbons (Fsp3) is 0.632. The van der Waals surface area contributed by atoms with Crippen LogP contribution in [0.15, 0.2) is 24.3 Å². The van der Waals surface area contributed by atoms with E-state index in [-0.39, 0.29) is 24.7 Å². The van der Waals surface area contributed by atoms with Gasteiger partial charge in [-0.2, -0.15) is 0 Å². The summed E-state index contributed by atoms with van der Waals surface area (Å²) in [7, 11) is 0. The van der Waals surface area contributed by atoms with Crippen LogP contribution in [0.3, 0.4) is 0 Å². The fourth-order valence-electron chi connectivity index (χ4n) is 3.45. The average Bonchev–Trinajstić information content (AvgIpc) is 3.08. The van der Waals surface area contributed by atoms with Crippen LogP contribution in [-0.2, 0) is 14.3 Å². The number of piperazine rings is 1. The van der Waals surface area contributed by atoms with Gasteiger partial charge in [-0.1, -0.05) is 17.7 Å². The minimum atomic E-state index is 0.0871. The number of aryl methyl sites for hydroxylation is 1. The van der Waals surface area contributed by atoms with Crippen LogP contribution in [0.4, 0.5) is 5.69 Å². The first kappa shape index (κ1) is 17.2. The largest absolute Gasteiger partial charge is 0.376 e. The number of hydrogen-bond acceptors (Lipinski definition) is 4. The van der Waals surface area contributed by atoms with Crippen molar-refractivity contribution in [1.29, 1.82) is 0 Å². The topological polar surface area (TPSA) is 42.0 Å². The summed E-state index contributed by atoms with van der Waals surface area (Å²) in [5, 5.41) is 0. The van der Waals surface area contributed by atoms with Gasteiger partial charge in [0.1, 0.15) is 6.61 Å². The Kier molecular flexibility index (Phi) is 5.74. The fourth-order valence-corrected chi connectivity index (χ4v) is 3.45. The van der Waals surface area contributed by atoms with Crippen molar-refractivity contribution in [2.45, 2.75) is 38.8 Å². The molecule has 2 aliphatic heterocycles. The Hall–Kier alpha value is -1.59. The van der Waals surface area contributed by atoms with Crippen LogP contribution in [0, 0.1) is 6.92 Å². The third-order valence-electron chi connectivity index (χ3n) is 4.90. The molecule has 24 heavy (non-hydrogen) atoms. The third-order valence-corrected chi connectivity index (χ3v) is 4.90. The van der Waals surface area contributed by atoms with Crippen LogP contribution in [-0.4, -0.2) is 62.4 Å². The van der Waals surface area contributed by atoms with Crippen LogP contribution in [0.2, 0.25) is 0 Å². The highest BCUT2D eigenvalue weighted by molar-refractivity contribution is 5.78. The first-order valence-corrected chi connectivity index (χ1v) is 8.94. The van der Waals surface area contributed by atoms with Gasteiger partial charge in [0.25, 0.3) is 0 Å². The molecule has 0 spiro atoms. The maximum atomic E-state index is 12.4. The van der Waals surface area contributed by atoms with Gasteiger partial charge in [0.2, 0.25) is 5.91 Å². The molecule has 2 saturated heterocycles. The molecule has 1 amide bonds. The Balaban J connectivity index is 1.46. The molecule has 1 aromatic rings. The number of hydrogen-bond donors (Lipinski definition) is 0. The first-order chi connectivity index (χ1) is 11.6. The lowest BCUT2D eigenvalue weighted by Crippen LogP contribution is -2.55. The molecule has 132 valence electrons. The van der Waals surface area contributed by atoms with E-state index < -0.39 is 0 Å². The van der Waals surface area contributed by atoms with Gasteiger partial charge in [-0.3, -0.25) is 4.79 Å². The predicted octanol–water partition coefficient (Wildman–Crippen LogP) is 2.23. The van der Waals surface area contributed by atoms with Gasteiger partial charge < -0.3 is 19.3 Å². The summed E-state index contributed by atoms with van der Waals surface area (Å²) >= 11 is 0. The minimum absolute atomic E-state index is 0.0871. The van der Waals surface area contributed by atoms with Gasteiger partial charge in [0.05, 0.1) is 12.7 Å². The van der Waals surface area contributed by atoms with E-state index in [0.717, 1.165) is 39.1 Å². The molecular formula is C19H28N2O3. The van der Waals surface area contributed by atoms with Crippen molar-refractivity contribution in [2.75, 3.05) is 44.4 Å². The average molecular weight is 332 g/mol. The summed E-state index contributed by atoms with van der Waals surface area (Å²) in [5.74, 6) is 0.0871. The molecule has 2 atom stereocenters. The Morgan fingerprint density at radius 3 is 2.75 bits per heavy atom. The van der Waals surface area contributed by atoms with E-state index in [1.54, 1.807) is 0 Å². The zero-order valence-electron chi connectivity index (χ0n) is 14.7. The van der Waals surface area contributed by atoms with Gasteiger partial charge in [-0.05, 0) is 38.8 Å². The molecule has 2 aliphatic rings. The zero-order chi connectivity index (χ0) is 16.9. The highest BCUT2D eigenvalue weighted by Crippen LogP contribution is 2.20. The SMILES string of the molecule is Cc1ccc(N2CCN(C(=O)COC[C@H]3CCCO3)[C@H](C)C2)cc1. The molecule has 5 nitrogen and oxygen atoms in total. The summed E-state index contributed by atoms with van der Waals surface area (Å²) in [6, 6.07) is 8.78. The molecular weight excluding hydrogens is 304 g/mol.